The van der Waals surface area contributed by atoms with Crippen molar-refractivity contribution in [2.45, 2.75) is 46.1 Å². The van der Waals surface area contributed by atoms with Gasteiger partial charge < -0.3 is 10.2 Å². The van der Waals surface area contributed by atoms with Gasteiger partial charge in [0.2, 0.25) is 0 Å². The lowest BCUT2D eigenvalue weighted by Crippen LogP contribution is -2.37. The highest BCUT2D eigenvalue weighted by Crippen LogP contribution is 2.44. The summed E-state index contributed by atoms with van der Waals surface area (Å²) in [7, 11) is 0. The van der Waals surface area contributed by atoms with E-state index in [1.54, 1.807) is 0 Å². The van der Waals surface area contributed by atoms with Gasteiger partial charge in [0.05, 0.1) is 0 Å². The van der Waals surface area contributed by atoms with E-state index in [-0.39, 0.29) is 0 Å². The lowest BCUT2D eigenvalue weighted by molar-refractivity contribution is 0.236. The molecule has 2 nitrogen and oxygen atoms in total. The third-order valence-corrected chi connectivity index (χ3v) is 5.23. The van der Waals surface area contributed by atoms with Gasteiger partial charge in [-0.3, -0.25) is 0 Å². The summed E-state index contributed by atoms with van der Waals surface area (Å²) < 4.78 is 0. The molecule has 0 aromatic heterocycles. The van der Waals surface area contributed by atoms with Gasteiger partial charge in [-0.2, -0.15) is 0 Å². The van der Waals surface area contributed by atoms with E-state index in [0.29, 0.717) is 11.5 Å². The molecule has 1 saturated heterocycles. The molecule has 1 aliphatic heterocycles. The molecule has 1 aliphatic carbocycles. The number of nitrogens with zero attached hydrogens (tertiary/aromatic N) is 1. The third-order valence-electron chi connectivity index (χ3n) is 5.23. The summed E-state index contributed by atoms with van der Waals surface area (Å²) in [6.45, 7) is 12.2. The Balaban J connectivity index is 1.58. The Morgan fingerprint density at radius 3 is 2.71 bits per heavy atom. The Morgan fingerprint density at radius 1 is 1.24 bits per heavy atom. The predicted octanol–water partition coefficient (Wildman–Crippen LogP) is 3.63. The first-order chi connectivity index (χ1) is 10.1. The molecule has 21 heavy (non-hydrogen) atoms. The summed E-state index contributed by atoms with van der Waals surface area (Å²) in [4.78, 5) is 2.63. The number of rotatable bonds is 5. The van der Waals surface area contributed by atoms with Gasteiger partial charge in [-0.15, -0.1) is 0 Å². The second kappa shape index (κ2) is 6.10. The van der Waals surface area contributed by atoms with Gasteiger partial charge in [-0.25, -0.2) is 0 Å². The maximum atomic E-state index is 3.88. The van der Waals surface area contributed by atoms with E-state index < -0.39 is 0 Å². The number of likely N-dealkylation sites (tertiary alicyclic amines) is 1. The zero-order valence-electron chi connectivity index (χ0n) is 13.9. The number of fused-ring (bicyclic) bond motifs is 1. The molecule has 0 saturated carbocycles. The van der Waals surface area contributed by atoms with Gasteiger partial charge in [0.25, 0.3) is 0 Å². The van der Waals surface area contributed by atoms with Gasteiger partial charge in [0.15, 0.2) is 0 Å². The van der Waals surface area contributed by atoms with Crippen LogP contribution in [0, 0.1) is 11.3 Å². The topological polar surface area (TPSA) is 15.3 Å². The van der Waals surface area contributed by atoms with Crippen LogP contribution < -0.4 is 5.32 Å². The fourth-order valence-electron chi connectivity index (χ4n) is 4.17. The largest absolute Gasteiger partial charge is 0.309 e. The Bertz CT molecular complexity index is 474. The van der Waals surface area contributed by atoms with Crippen molar-refractivity contribution in [2.75, 3.05) is 26.2 Å². The average Bonchev–Trinajstić information content (AvgIpc) is 3.01. The monoisotopic (exact) mass is 286 g/mol. The van der Waals surface area contributed by atoms with Crippen molar-refractivity contribution in [2.24, 2.45) is 11.3 Å². The van der Waals surface area contributed by atoms with Gasteiger partial charge in [-0.05, 0) is 61.4 Å². The normalized spacial score (nSPS) is 26.0. The molecule has 0 spiro atoms. The zero-order valence-corrected chi connectivity index (χ0v) is 13.9. The SMILES string of the molecule is CC(CNC1c2ccccc2CC1(C)C)CN1CCCC1. The van der Waals surface area contributed by atoms with Crippen LogP contribution in [-0.2, 0) is 6.42 Å². The van der Waals surface area contributed by atoms with Gasteiger partial charge in [-0.1, -0.05) is 45.0 Å². The molecular formula is C19H30N2. The summed E-state index contributed by atoms with van der Waals surface area (Å²) >= 11 is 0. The number of benzene rings is 1. The van der Waals surface area contributed by atoms with Crippen molar-refractivity contribution < 1.29 is 0 Å². The van der Waals surface area contributed by atoms with Crippen molar-refractivity contribution in [1.29, 1.82) is 0 Å². The Labute approximate surface area is 129 Å². The molecule has 2 heteroatoms. The van der Waals surface area contributed by atoms with E-state index in [2.05, 4.69) is 55.3 Å². The maximum Gasteiger partial charge on any atom is 0.0377 e. The molecule has 2 aliphatic rings. The van der Waals surface area contributed by atoms with E-state index in [1.807, 2.05) is 0 Å². The lowest BCUT2D eigenvalue weighted by Gasteiger charge is -2.30. The first-order valence-electron chi connectivity index (χ1n) is 8.60. The van der Waals surface area contributed by atoms with Crippen LogP contribution in [0.3, 0.4) is 0 Å². The van der Waals surface area contributed by atoms with Crippen LogP contribution in [0.5, 0.6) is 0 Å². The molecule has 0 radical (unpaired) electrons. The van der Waals surface area contributed by atoms with E-state index in [0.717, 1.165) is 12.5 Å². The lowest BCUT2D eigenvalue weighted by atomic mass is 9.85. The van der Waals surface area contributed by atoms with Crippen molar-refractivity contribution >= 4 is 0 Å². The highest BCUT2D eigenvalue weighted by molar-refractivity contribution is 5.37. The average molecular weight is 286 g/mol. The molecule has 1 aromatic carbocycles. The molecule has 116 valence electrons. The van der Waals surface area contributed by atoms with Gasteiger partial charge >= 0.3 is 0 Å². The fourth-order valence-corrected chi connectivity index (χ4v) is 4.17. The second-order valence-corrected chi connectivity index (χ2v) is 7.82. The molecule has 0 amide bonds. The minimum atomic E-state index is 0.330. The van der Waals surface area contributed by atoms with Crippen LogP contribution in [-0.4, -0.2) is 31.1 Å². The van der Waals surface area contributed by atoms with Crippen molar-refractivity contribution in [3.05, 3.63) is 35.4 Å². The molecule has 2 atom stereocenters. The first-order valence-corrected chi connectivity index (χ1v) is 8.60. The van der Waals surface area contributed by atoms with E-state index >= 15 is 0 Å². The molecular weight excluding hydrogens is 256 g/mol. The van der Waals surface area contributed by atoms with Crippen LogP contribution in [0.25, 0.3) is 0 Å². The van der Waals surface area contributed by atoms with Crippen molar-refractivity contribution in [3.63, 3.8) is 0 Å². The Kier molecular flexibility index (Phi) is 4.37. The molecule has 1 fully saturated rings. The molecule has 1 N–H and O–H groups in total. The van der Waals surface area contributed by atoms with Crippen LogP contribution in [0.15, 0.2) is 24.3 Å². The summed E-state index contributed by atoms with van der Waals surface area (Å²) in [6.07, 6.45) is 3.98. The molecule has 3 rings (SSSR count). The summed E-state index contributed by atoms with van der Waals surface area (Å²) in [5.74, 6) is 0.728. The van der Waals surface area contributed by atoms with Gasteiger partial charge in [0.1, 0.15) is 0 Å². The van der Waals surface area contributed by atoms with Crippen LogP contribution in [0.1, 0.15) is 50.8 Å². The zero-order chi connectivity index (χ0) is 14.9. The number of hydrogen-bond donors (Lipinski definition) is 1. The number of hydrogen-bond acceptors (Lipinski definition) is 2. The second-order valence-electron chi connectivity index (χ2n) is 7.82. The van der Waals surface area contributed by atoms with E-state index in [4.69, 9.17) is 0 Å². The number of nitrogens with one attached hydrogen (secondary N) is 1. The summed E-state index contributed by atoms with van der Waals surface area (Å²) in [6, 6.07) is 9.48. The predicted molar refractivity (Wildman–Crippen MR) is 89.5 cm³/mol. The van der Waals surface area contributed by atoms with Crippen LogP contribution in [0.2, 0.25) is 0 Å². The molecule has 0 bridgehead atoms. The van der Waals surface area contributed by atoms with Crippen LogP contribution >= 0.6 is 0 Å². The van der Waals surface area contributed by atoms with E-state index in [1.165, 1.54) is 50.0 Å². The van der Waals surface area contributed by atoms with Crippen LogP contribution in [0.4, 0.5) is 0 Å². The quantitative estimate of drug-likeness (QED) is 0.889. The van der Waals surface area contributed by atoms with Crippen molar-refractivity contribution in [1.82, 2.24) is 10.2 Å². The van der Waals surface area contributed by atoms with Crippen molar-refractivity contribution in [3.8, 4) is 0 Å². The summed E-state index contributed by atoms with van der Waals surface area (Å²) in [5, 5.41) is 3.88. The maximum absolute atomic E-state index is 3.88. The van der Waals surface area contributed by atoms with Gasteiger partial charge in [0, 0.05) is 12.6 Å². The summed E-state index contributed by atoms with van der Waals surface area (Å²) in [5.41, 5.74) is 3.39. The molecule has 1 aromatic rings. The molecule has 2 unspecified atom stereocenters. The minimum absolute atomic E-state index is 0.330. The smallest absolute Gasteiger partial charge is 0.0377 e. The van der Waals surface area contributed by atoms with E-state index in [9.17, 15) is 0 Å². The highest BCUT2D eigenvalue weighted by atomic mass is 15.1. The Morgan fingerprint density at radius 2 is 1.95 bits per heavy atom. The Hall–Kier alpha value is -0.860. The molecule has 1 heterocycles. The highest BCUT2D eigenvalue weighted by Gasteiger charge is 2.38. The minimum Gasteiger partial charge on any atom is -0.309 e. The first kappa shape index (κ1) is 15.1. The fraction of sp³-hybridized carbons (Fsp3) is 0.684. The standard InChI is InChI=1S/C19H30N2/c1-15(14-21-10-6-7-11-21)13-20-18-17-9-5-4-8-16(17)12-19(18,2)3/h4-5,8-9,15,18,20H,6-7,10-14H2,1-3H3. The third kappa shape index (κ3) is 3.32.